The number of likely N-dealkylation sites (N-methyl/N-ethyl adjacent to an activating group) is 1. The van der Waals surface area contributed by atoms with Crippen LogP contribution in [-0.2, 0) is 16.6 Å². The number of ether oxygens (including phenoxy) is 2. The zero-order valence-corrected chi connectivity index (χ0v) is 26.4. The molecule has 0 spiro atoms. The molecule has 1 saturated carbocycles. The van der Waals surface area contributed by atoms with Crippen molar-refractivity contribution in [1.82, 2.24) is 15.2 Å². The van der Waals surface area contributed by atoms with Gasteiger partial charge in [0.25, 0.3) is 5.91 Å². The van der Waals surface area contributed by atoms with Gasteiger partial charge in [-0.2, -0.15) is 0 Å². The summed E-state index contributed by atoms with van der Waals surface area (Å²) in [6.45, 7) is 7.28. The third kappa shape index (κ3) is 7.95. The van der Waals surface area contributed by atoms with Crippen molar-refractivity contribution in [2.24, 2.45) is 5.92 Å². The first-order valence-corrected chi connectivity index (χ1v) is 15.5. The van der Waals surface area contributed by atoms with Crippen LogP contribution in [0.4, 0.5) is 0 Å². The summed E-state index contributed by atoms with van der Waals surface area (Å²) in [6.07, 6.45) is 7.07. The Hall–Kier alpha value is -4.39. The highest BCUT2D eigenvalue weighted by Crippen LogP contribution is 2.29. The predicted molar refractivity (Wildman–Crippen MR) is 175 cm³/mol. The van der Waals surface area contributed by atoms with E-state index in [0.29, 0.717) is 18.1 Å². The van der Waals surface area contributed by atoms with E-state index < -0.39 is 11.9 Å². The lowest BCUT2D eigenvalue weighted by atomic mass is 9.87. The number of benzene rings is 3. The van der Waals surface area contributed by atoms with Gasteiger partial charge in [-0.3, -0.25) is 14.6 Å². The van der Waals surface area contributed by atoms with Gasteiger partial charge in [-0.25, -0.2) is 0 Å². The number of carbonyl (C=O) groups is 2. The lowest BCUT2D eigenvalue weighted by Gasteiger charge is -2.22. The van der Waals surface area contributed by atoms with Crippen molar-refractivity contribution in [2.75, 3.05) is 20.7 Å². The molecule has 7 nitrogen and oxygen atoms in total. The van der Waals surface area contributed by atoms with Crippen molar-refractivity contribution in [3.8, 4) is 17.2 Å². The molecule has 1 heterocycles. The van der Waals surface area contributed by atoms with E-state index in [9.17, 15) is 9.59 Å². The van der Waals surface area contributed by atoms with Gasteiger partial charge in [-0.15, -0.1) is 0 Å². The standard InChI is InChI=1S/C37H43N3O4/c1-37(2,3)29-13-18-31(19-14-29)44-32-17-12-27-23-38-33(22-28(27)21-32)35(41)39-34(36(42)40(4)5)20-25-10-15-30(16-11-25)43-24-26-8-6-7-9-26/h10-19,21-23,26,34H,6-9,20,24H2,1-5H3,(H,39,41)/t34-/m0/s1. The van der Waals surface area contributed by atoms with Gasteiger partial charge < -0.3 is 19.7 Å². The van der Waals surface area contributed by atoms with Gasteiger partial charge >= 0.3 is 0 Å². The first-order valence-electron chi connectivity index (χ1n) is 15.5. The van der Waals surface area contributed by atoms with Crippen molar-refractivity contribution in [3.63, 3.8) is 0 Å². The van der Waals surface area contributed by atoms with Gasteiger partial charge in [0.2, 0.25) is 5.91 Å². The van der Waals surface area contributed by atoms with Crippen LogP contribution < -0.4 is 14.8 Å². The molecule has 230 valence electrons. The van der Waals surface area contributed by atoms with Gasteiger partial charge in [0.05, 0.1) is 6.61 Å². The van der Waals surface area contributed by atoms with Crippen LogP contribution in [0.2, 0.25) is 0 Å². The van der Waals surface area contributed by atoms with E-state index in [0.717, 1.165) is 34.4 Å². The average Bonchev–Trinajstić information content (AvgIpc) is 3.53. The van der Waals surface area contributed by atoms with Crippen LogP contribution in [-0.4, -0.2) is 48.4 Å². The smallest absolute Gasteiger partial charge is 0.270 e. The Morgan fingerprint density at radius 1 is 0.886 bits per heavy atom. The van der Waals surface area contributed by atoms with Gasteiger partial charge in [-0.05, 0) is 89.2 Å². The highest BCUT2D eigenvalue weighted by Gasteiger charge is 2.24. The number of hydrogen-bond acceptors (Lipinski definition) is 5. The molecule has 0 aliphatic heterocycles. The molecule has 5 rings (SSSR count). The maximum atomic E-state index is 13.4. The summed E-state index contributed by atoms with van der Waals surface area (Å²) >= 11 is 0. The Morgan fingerprint density at radius 2 is 1.55 bits per heavy atom. The molecule has 1 atom stereocenters. The minimum atomic E-state index is -0.744. The average molecular weight is 594 g/mol. The number of rotatable bonds is 10. The molecule has 1 aliphatic carbocycles. The summed E-state index contributed by atoms with van der Waals surface area (Å²) in [5.41, 5.74) is 2.46. The first-order chi connectivity index (χ1) is 21.0. The van der Waals surface area contributed by atoms with E-state index in [1.54, 1.807) is 26.4 Å². The fraction of sp³-hybridized carbons (Fsp3) is 0.378. The Labute approximate surface area is 260 Å². The van der Waals surface area contributed by atoms with Crippen LogP contribution in [0.15, 0.2) is 79.0 Å². The summed E-state index contributed by atoms with van der Waals surface area (Å²) in [7, 11) is 3.38. The molecule has 3 aromatic carbocycles. The number of fused-ring (bicyclic) bond motifs is 1. The van der Waals surface area contributed by atoms with Crippen LogP contribution in [0, 0.1) is 5.92 Å². The molecular formula is C37H43N3O4. The van der Waals surface area contributed by atoms with Gasteiger partial charge in [0.15, 0.2) is 0 Å². The summed E-state index contributed by atoms with van der Waals surface area (Å²) in [5, 5.41) is 4.62. The number of amides is 2. The SMILES string of the molecule is CN(C)C(=O)[C@H](Cc1ccc(OCC2CCCC2)cc1)NC(=O)c1cc2cc(Oc3ccc(C(C)(C)C)cc3)ccc2cn1. The maximum absolute atomic E-state index is 13.4. The van der Waals surface area contributed by atoms with E-state index in [4.69, 9.17) is 9.47 Å². The second-order valence-electron chi connectivity index (χ2n) is 13.0. The number of pyridine rings is 1. The van der Waals surface area contributed by atoms with E-state index in [1.807, 2.05) is 54.6 Å². The predicted octanol–water partition coefficient (Wildman–Crippen LogP) is 7.32. The van der Waals surface area contributed by atoms with E-state index in [-0.39, 0.29) is 17.0 Å². The molecule has 1 N–H and O–H groups in total. The molecule has 0 bridgehead atoms. The third-order valence-corrected chi connectivity index (χ3v) is 8.25. The molecule has 0 unspecified atom stereocenters. The second kappa shape index (κ2) is 13.5. The monoisotopic (exact) mass is 593 g/mol. The lowest BCUT2D eigenvalue weighted by molar-refractivity contribution is -0.130. The molecule has 1 fully saturated rings. The zero-order valence-electron chi connectivity index (χ0n) is 26.4. The number of nitrogens with zero attached hydrogens (tertiary/aromatic N) is 2. The minimum absolute atomic E-state index is 0.0649. The molecule has 0 saturated heterocycles. The van der Waals surface area contributed by atoms with Crippen LogP contribution in [0.25, 0.3) is 10.8 Å². The topological polar surface area (TPSA) is 80.8 Å². The fourth-order valence-corrected chi connectivity index (χ4v) is 5.56. The van der Waals surface area contributed by atoms with Crippen molar-refractivity contribution in [1.29, 1.82) is 0 Å². The van der Waals surface area contributed by atoms with Gasteiger partial charge in [-0.1, -0.05) is 57.9 Å². The number of carbonyl (C=O) groups excluding carboxylic acids is 2. The fourth-order valence-electron chi connectivity index (χ4n) is 5.56. The van der Waals surface area contributed by atoms with Crippen molar-refractivity contribution in [2.45, 2.75) is 64.3 Å². The maximum Gasteiger partial charge on any atom is 0.270 e. The highest BCUT2D eigenvalue weighted by molar-refractivity contribution is 5.99. The normalized spacial score (nSPS) is 14.3. The van der Waals surface area contributed by atoms with Gasteiger partial charge in [0, 0.05) is 32.1 Å². The molecule has 7 heteroatoms. The number of nitrogens with one attached hydrogen (secondary N) is 1. The quantitative estimate of drug-likeness (QED) is 0.208. The molecule has 1 aliphatic rings. The van der Waals surface area contributed by atoms with Crippen LogP contribution in [0.3, 0.4) is 0 Å². The summed E-state index contributed by atoms with van der Waals surface area (Å²) in [6, 6.07) is 22.6. The van der Waals surface area contributed by atoms with Crippen LogP contribution in [0.5, 0.6) is 17.2 Å². The van der Waals surface area contributed by atoms with Crippen LogP contribution >= 0.6 is 0 Å². The first kappa shape index (κ1) is 31.0. The third-order valence-electron chi connectivity index (χ3n) is 8.25. The summed E-state index contributed by atoms with van der Waals surface area (Å²) < 4.78 is 12.1. The summed E-state index contributed by atoms with van der Waals surface area (Å²) in [5.74, 6) is 2.27. The molecule has 2 amide bonds. The molecule has 0 radical (unpaired) electrons. The Kier molecular flexibility index (Phi) is 9.52. The van der Waals surface area contributed by atoms with Gasteiger partial charge in [0.1, 0.15) is 29.0 Å². The number of hydrogen-bond donors (Lipinski definition) is 1. The zero-order chi connectivity index (χ0) is 31.3. The van der Waals surface area contributed by atoms with E-state index in [2.05, 4.69) is 43.2 Å². The van der Waals surface area contributed by atoms with E-state index in [1.165, 1.54) is 36.1 Å². The second-order valence-corrected chi connectivity index (χ2v) is 13.0. The molecule has 1 aromatic heterocycles. The van der Waals surface area contributed by atoms with Crippen molar-refractivity contribution < 1.29 is 19.1 Å². The number of aromatic nitrogens is 1. The lowest BCUT2D eigenvalue weighted by Crippen LogP contribution is -2.47. The summed E-state index contributed by atoms with van der Waals surface area (Å²) in [4.78, 5) is 32.3. The Balaban J connectivity index is 1.26. The van der Waals surface area contributed by atoms with Crippen molar-refractivity contribution in [3.05, 3.63) is 95.8 Å². The highest BCUT2D eigenvalue weighted by atomic mass is 16.5. The molecular weight excluding hydrogens is 550 g/mol. The molecule has 44 heavy (non-hydrogen) atoms. The molecule has 4 aromatic rings. The van der Waals surface area contributed by atoms with Crippen molar-refractivity contribution >= 4 is 22.6 Å². The van der Waals surface area contributed by atoms with E-state index >= 15 is 0 Å². The Morgan fingerprint density at radius 3 is 2.20 bits per heavy atom. The largest absolute Gasteiger partial charge is 0.493 e. The Bertz CT molecular complexity index is 1580. The minimum Gasteiger partial charge on any atom is -0.493 e. The van der Waals surface area contributed by atoms with Crippen LogP contribution in [0.1, 0.15) is 68.1 Å².